The van der Waals surface area contributed by atoms with E-state index in [0.717, 1.165) is 12.1 Å². The first-order chi connectivity index (χ1) is 8.49. The third-order valence-corrected chi connectivity index (χ3v) is 2.82. The molecule has 0 aromatic heterocycles. The highest BCUT2D eigenvalue weighted by Gasteiger charge is 2.18. The smallest absolute Gasteiger partial charge is 0.256 e. The average Bonchev–Trinajstić information content (AvgIpc) is 2.34. The van der Waals surface area contributed by atoms with Gasteiger partial charge in [-0.05, 0) is 31.9 Å². The van der Waals surface area contributed by atoms with Crippen LogP contribution in [0.3, 0.4) is 0 Å². The SMILES string of the molecule is CCN(CC(C)C)C(=O)c1cc(C)ccc1NN. The van der Waals surface area contributed by atoms with Crippen LogP contribution in [0.1, 0.15) is 36.7 Å². The van der Waals surface area contributed by atoms with Gasteiger partial charge in [0.25, 0.3) is 5.91 Å². The first-order valence-corrected chi connectivity index (χ1v) is 6.36. The molecule has 100 valence electrons. The van der Waals surface area contributed by atoms with Gasteiger partial charge in [-0.15, -0.1) is 0 Å². The summed E-state index contributed by atoms with van der Waals surface area (Å²) in [5, 5.41) is 0. The third kappa shape index (κ3) is 3.47. The van der Waals surface area contributed by atoms with Crippen LogP contribution < -0.4 is 11.3 Å². The molecule has 1 aromatic carbocycles. The zero-order valence-corrected chi connectivity index (χ0v) is 11.7. The maximum Gasteiger partial charge on any atom is 0.256 e. The van der Waals surface area contributed by atoms with Crippen molar-refractivity contribution in [1.82, 2.24) is 4.90 Å². The second kappa shape index (κ2) is 6.40. The van der Waals surface area contributed by atoms with Crippen LogP contribution in [0.15, 0.2) is 18.2 Å². The topological polar surface area (TPSA) is 58.4 Å². The summed E-state index contributed by atoms with van der Waals surface area (Å²) in [6.45, 7) is 9.63. The van der Waals surface area contributed by atoms with Gasteiger partial charge in [-0.3, -0.25) is 10.6 Å². The van der Waals surface area contributed by atoms with Crippen molar-refractivity contribution < 1.29 is 4.79 Å². The molecule has 0 aliphatic rings. The molecule has 0 radical (unpaired) electrons. The molecule has 4 heteroatoms. The molecule has 0 heterocycles. The molecule has 3 N–H and O–H groups in total. The van der Waals surface area contributed by atoms with Gasteiger partial charge in [0.05, 0.1) is 11.3 Å². The zero-order valence-electron chi connectivity index (χ0n) is 11.7. The number of carbonyl (C=O) groups excluding carboxylic acids is 1. The predicted molar refractivity (Wildman–Crippen MR) is 75.4 cm³/mol. The molecule has 0 saturated carbocycles. The number of hydrazine groups is 1. The van der Waals surface area contributed by atoms with E-state index in [9.17, 15) is 4.79 Å². The minimum absolute atomic E-state index is 0.0304. The maximum atomic E-state index is 12.5. The fourth-order valence-corrected chi connectivity index (χ4v) is 1.93. The van der Waals surface area contributed by atoms with E-state index in [1.165, 1.54) is 0 Å². The molecular weight excluding hydrogens is 226 g/mol. The van der Waals surface area contributed by atoms with Crippen LogP contribution in [0.25, 0.3) is 0 Å². The van der Waals surface area contributed by atoms with E-state index < -0.39 is 0 Å². The second-order valence-corrected chi connectivity index (χ2v) is 4.93. The molecule has 0 aliphatic heterocycles. The van der Waals surface area contributed by atoms with Crippen LogP contribution in [0.2, 0.25) is 0 Å². The zero-order chi connectivity index (χ0) is 13.7. The highest BCUT2D eigenvalue weighted by Crippen LogP contribution is 2.19. The summed E-state index contributed by atoms with van der Waals surface area (Å²) in [6, 6.07) is 5.65. The van der Waals surface area contributed by atoms with Crippen LogP contribution in [0, 0.1) is 12.8 Å². The Kier molecular flexibility index (Phi) is 5.16. The lowest BCUT2D eigenvalue weighted by molar-refractivity contribution is 0.0746. The number of nitrogen functional groups attached to an aromatic ring is 1. The fraction of sp³-hybridized carbons (Fsp3) is 0.500. The molecule has 0 bridgehead atoms. The number of nitrogens with two attached hydrogens (primary N) is 1. The molecular formula is C14H23N3O. The van der Waals surface area contributed by atoms with Crippen molar-refractivity contribution in [2.24, 2.45) is 11.8 Å². The summed E-state index contributed by atoms with van der Waals surface area (Å²) in [7, 11) is 0. The Bertz CT molecular complexity index is 416. The largest absolute Gasteiger partial charge is 0.339 e. The Morgan fingerprint density at radius 2 is 2.11 bits per heavy atom. The number of amides is 1. The second-order valence-electron chi connectivity index (χ2n) is 4.93. The van der Waals surface area contributed by atoms with Gasteiger partial charge >= 0.3 is 0 Å². The average molecular weight is 249 g/mol. The van der Waals surface area contributed by atoms with Gasteiger partial charge in [-0.2, -0.15) is 0 Å². The van der Waals surface area contributed by atoms with Crippen LogP contribution in [-0.4, -0.2) is 23.9 Å². The molecule has 0 spiro atoms. The van der Waals surface area contributed by atoms with E-state index in [1.807, 2.05) is 36.9 Å². The van der Waals surface area contributed by atoms with E-state index in [2.05, 4.69) is 19.3 Å². The lowest BCUT2D eigenvalue weighted by Crippen LogP contribution is -2.34. The lowest BCUT2D eigenvalue weighted by atomic mass is 10.1. The molecule has 0 unspecified atom stereocenters. The van der Waals surface area contributed by atoms with E-state index >= 15 is 0 Å². The molecule has 1 rings (SSSR count). The molecule has 18 heavy (non-hydrogen) atoms. The van der Waals surface area contributed by atoms with Crippen molar-refractivity contribution >= 4 is 11.6 Å². The lowest BCUT2D eigenvalue weighted by Gasteiger charge is -2.24. The number of nitrogens with one attached hydrogen (secondary N) is 1. The number of hydrogen-bond donors (Lipinski definition) is 2. The number of anilines is 1. The molecule has 0 fully saturated rings. The van der Waals surface area contributed by atoms with E-state index in [0.29, 0.717) is 23.7 Å². The molecule has 0 aliphatic carbocycles. The highest BCUT2D eigenvalue weighted by molar-refractivity contribution is 5.99. The van der Waals surface area contributed by atoms with Gasteiger partial charge in [-0.25, -0.2) is 0 Å². The number of rotatable bonds is 5. The monoisotopic (exact) mass is 249 g/mol. The minimum Gasteiger partial charge on any atom is -0.339 e. The third-order valence-electron chi connectivity index (χ3n) is 2.82. The predicted octanol–water partition coefficient (Wildman–Crippen LogP) is 2.40. The van der Waals surface area contributed by atoms with Crippen molar-refractivity contribution in [1.29, 1.82) is 0 Å². The fourth-order valence-electron chi connectivity index (χ4n) is 1.93. The number of carbonyl (C=O) groups is 1. The van der Waals surface area contributed by atoms with E-state index in [1.54, 1.807) is 0 Å². The number of nitrogens with zero attached hydrogens (tertiary/aromatic N) is 1. The van der Waals surface area contributed by atoms with Crippen LogP contribution in [0.4, 0.5) is 5.69 Å². The van der Waals surface area contributed by atoms with Gasteiger partial charge in [0.1, 0.15) is 0 Å². The van der Waals surface area contributed by atoms with Crippen molar-refractivity contribution in [3.63, 3.8) is 0 Å². The first kappa shape index (κ1) is 14.5. The summed E-state index contributed by atoms with van der Waals surface area (Å²) in [4.78, 5) is 14.3. The summed E-state index contributed by atoms with van der Waals surface area (Å²) < 4.78 is 0. The Morgan fingerprint density at radius 1 is 1.44 bits per heavy atom. The normalized spacial score (nSPS) is 10.6. The van der Waals surface area contributed by atoms with Crippen LogP contribution in [0.5, 0.6) is 0 Å². The molecule has 4 nitrogen and oxygen atoms in total. The van der Waals surface area contributed by atoms with Gasteiger partial charge in [0, 0.05) is 13.1 Å². The van der Waals surface area contributed by atoms with Crippen molar-refractivity contribution in [3.8, 4) is 0 Å². The quantitative estimate of drug-likeness (QED) is 0.622. The van der Waals surface area contributed by atoms with E-state index in [4.69, 9.17) is 5.84 Å². The van der Waals surface area contributed by atoms with Crippen LogP contribution >= 0.6 is 0 Å². The molecule has 0 atom stereocenters. The van der Waals surface area contributed by atoms with E-state index in [-0.39, 0.29) is 5.91 Å². The Hall–Kier alpha value is -1.55. The van der Waals surface area contributed by atoms with Gasteiger partial charge in [0.2, 0.25) is 0 Å². The summed E-state index contributed by atoms with van der Waals surface area (Å²) >= 11 is 0. The summed E-state index contributed by atoms with van der Waals surface area (Å²) in [5.74, 6) is 5.94. The van der Waals surface area contributed by atoms with Gasteiger partial charge in [0.15, 0.2) is 0 Å². The van der Waals surface area contributed by atoms with Crippen molar-refractivity contribution in [2.45, 2.75) is 27.7 Å². The van der Waals surface area contributed by atoms with Gasteiger partial charge < -0.3 is 10.3 Å². The Labute approximate surface area is 109 Å². The van der Waals surface area contributed by atoms with Crippen molar-refractivity contribution in [2.75, 3.05) is 18.5 Å². The first-order valence-electron chi connectivity index (χ1n) is 6.36. The van der Waals surface area contributed by atoms with Gasteiger partial charge in [-0.1, -0.05) is 25.5 Å². The number of hydrogen-bond acceptors (Lipinski definition) is 3. The Balaban J connectivity index is 3.04. The minimum atomic E-state index is 0.0304. The maximum absolute atomic E-state index is 12.5. The van der Waals surface area contributed by atoms with Crippen LogP contribution in [-0.2, 0) is 0 Å². The summed E-state index contributed by atoms with van der Waals surface area (Å²) in [6.07, 6.45) is 0. The number of aryl methyl sites for hydroxylation is 1. The highest BCUT2D eigenvalue weighted by atomic mass is 16.2. The summed E-state index contributed by atoms with van der Waals surface area (Å²) in [5.41, 5.74) is 4.95. The number of benzene rings is 1. The molecule has 0 saturated heterocycles. The molecule has 1 aromatic rings. The Morgan fingerprint density at radius 3 is 2.61 bits per heavy atom. The van der Waals surface area contributed by atoms with Crippen molar-refractivity contribution in [3.05, 3.63) is 29.3 Å². The standard InChI is InChI=1S/C14H23N3O/c1-5-17(9-10(2)3)14(18)12-8-11(4)6-7-13(12)16-15/h6-8,10,16H,5,9,15H2,1-4H3. The molecule has 1 amide bonds.